The Balaban J connectivity index is 1.06. The Bertz CT molecular complexity index is 3080. The predicted molar refractivity (Wildman–Crippen MR) is 274 cm³/mol. The fourth-order valence-corrected chi connectivity index (χ4v) is 9.64. The van der Waals surface area contributed by atoms with Crippen LogP contribution in [0.2, 0.25) is 0 Å². The van der Waals surface area contributed by atoms with Crippen molar-refractivity contribution >= 4 is 46.4 Å². The number of aliphatic hydroxyl groups excluding tert-OH is 4. The van der Waals surface area contributed by atoms with Gasteiger partial charge in [0.1, 0.15) is 34.3 Å². The third-order valence-electron chi connectivity index (χ3n) is 13.6. The van der Waals surface area contributed by atoms with E-state index in [2.05, 4.69) is 30.6 Å². The second-order valence-corrected chi connectivity index (χ2v) is 18.5. The summed E-state index contributed by atoms with van der Waals surface area (Å²) < 4.78 is 111. The molecule has 2 aliphatic heterocycles. The molecule has 2 aliphatic rings. The van der Waals surface area contributed by atoms with Crippen LogP contribution in [0.15, 0.2) is 97.4 Å². The number of halogens is 6. The molecule has 2 fully saturated rings. The van der Waals surface area contributed by atoms with Gasteiger partial charge in [0.25, 0.3) is 0 Å². The van der Waals surface area contributed by atoms with Crippen molar-refractivity contribution in [1.29, 1.82) is 0 Å². The van der Waals surface area contributed by atoms with Crippen molar-refractivity contribution in [1.82, 2.24) is 30.6 Å². The van der Waals surface area contributed by atoms with E-state index >= 15 is 8.78 Å². The second kappa shape index (κ2) is 25.9. The Morgan fingerprint density at radius 2 is 1.12 bits per heavy atom. The number of aromatic nitrogens is 4. The van der Waals surface area contributed by atoms with E-state index in [1.165, 1.54) is 38.5 Å². The zero-order valence-corrected chi connectivity index (χ0v) is 41.5. The molecule has 6 N–H and O–H groups in total. The van der Waals surface area contributed by atoms with E-state index in [-0.39, 0.29) is 64.6 Å². The van der Waals surface area contributed by atoms with Crippen LogP contribution in [0.3, 0.4) is 0 Å². The molecular formula is C56H58F6N6O8. The summed E-state index contributed by atoms with van der Waals surface area (Å²) in [7, 11) is 2.86. The summed E-state index contributed by atoms with van der Waals surface area (Å²) in [6, 6.07) is 11.4. The van der Waals surface area contributed by atoms with E-state index < -0.39 is 102 Å². The van der Waals surface area contributed by atoms with Gasteiger partial charge in [0.05, 0.1) is 87.0 Å². The van der Waals surface area contributed by atoms with Crippen molar-refractivity contribution in [2.24, 2.45) is 5.92 Å². The molecule has 402 valence electrons. The monoisotopic (exact) mass is 1060 g/mol. The molecule has 6 heterocycles. The zero-order chi connectivity index (χ0) is 53.9. The summed E-state index contributed by atoms with van der Waals surface area (Å²) in [6.45, 7) is -0.642. The summed E-state index contributed by atoms with van der Waals surface area (Å²) in [5, 5.41) is 53.1. The molecule has 76 heavy (non-hydrogen) atoms. The predicted octanol–water partition coefficient (Wildman–Crippen LogP) is 7.67. The van der Waals surface area contributed by atoms with Crippen LogP contribution in [0.1, 0.15) is 54.4 Å². The van der Waals surface area contributed by atoms with Gasteiger partial charge in [-0.05, 0) is 74.2 Å². The molecule has 8 rings (SSSR count). The van der Waals surface area contributed by atoms with Gasteiger partial charge in [-0.25, -0.2) is 36.3 Å². The number of fused-ring (bicyclic) bond motifs is 2. The van der Waals surface area contributed by atoms with E-state index in [1.807, 2.05) is 0 Å². The molecule has 6 aromatic rings. The van der Waals surface area contributed by atoms with Crippen LogP contribution >= 0.6 is 0 Å². The number of nitrogens with one attached hydrogen (secondary N) is 2. The highest BCUT2D eigenvalue weighted by Crippen LogP contribution is 2.34. The molecule has 3 unspecified atom stereocenters. The van der Waals surface area contributed by atoms with Crippen LogP contribution in [0.4, 0.5) is 26.3 Å². The van der Waals surface area contributed by atoms with Gasteiger partial charge in [0.2, 0.25) is 11.8 Å². The van der Waals surface area contributed by atoms with Crippen molar-refractivity contribution in [3.05, 3.63) is 155 Å². The van der Waals surface area contributed by atoms with Crippen LogP contribution < -0.4 is 20.1 Å². The number of pyridine rings is 4. The van der Waals surface area contributed by atoms with Gasteiger partial charge in [-0.2, -0.15) is 0 Å². The maximum Gasteiger partial charge on any atom is 0.213 e. The van der Waals surface area contributed by atoms with E-state index in [0.717, 1.165) is 48.8 Å². The van der Waals surface area contributed by atoms with E-state index in [0.29, 0.717) is 36.7 Å². The number of ether oxygens (including phenoxy) is 4. The molecule has 0 radical (unpaired) electrons. The van der Waals surface area contributed by atoms with Crippen LogP contribution in [0, 0.1) is 40.8 Å². The highest BCUT2D eigenvalue weighted by molar-refractivity contribution is 5.85. The molecule has 20 heteroatoms. The van der Waals surface area contributed by atoms with Crippen LogP contribution in [-0.4, -0.2) is 129 Å². The maximum absolute atomic E-state index is 15.4. The third-order valence-corrected chi connectivity index (χ3v) is 13.6. The summed E-state index contributed by atoms with van der Waals surface area (Å²) in [4.78, 5) is 17.1. The molecule has 14 nitrogen and oxygen atoms in total. The summed E-state index contributed by atoms with van der Waals surface area (Å²) >= 11 is 0. The fraction of sp³-hybridized carbons (Fsp3) is 0.357. The van der Waals surface area contributed by atoms with E-state index in [1.54, 1.807) is 48.6 Å². The molecule has 0 bridgehead atoms. The topological polar surface area (TPSA) is 193 Å². The van der Waals surface area contributed by atoms with Crippen LogP contribution in [0.5, 0.6) is 11.8 Å². The number of hydrogen-bond donors (Lipinski definition) is 6. The van der Waals surface area contributed by atoms with Gasteiger partial charge in [0, 0.05) is 71.9 Å². The standard InChI is InChI=1S/C56H58F6N6O8/c1-73-50-21-19-44-53(67-50)37(41(61)28-65-44)13-9-35-11-17-43(63-23-3-5-31-25-33(57)7-15-39(31)59)49(75-35)27-47(70)55(72)52(48(71)30-69)56-46(64-24-4-6-32-26-34(58)8-16-40(32)60)18-12-36(76-56)10-14-38-42(62)29-66-45-20-22-51(74-2)68-54(38)45/h3-10,13-16,19-22,25-26,28-29,35-36,43,46-49,52,55-56,63-64,69-72H,11-12,17-18,23-24,27,30H2,1-2H3/b5-3+,6-4+,13-9+,14-10+/t35-,36-,43-,46-,47+,48?,49-,52?,55?,56+/m1/s1. The van der Waals surface area contributed by atoms with Crippen molar-refractivity contribution in [3.63, 3.8) is 0 Å². The molecule has 2 aromatic carbocycles. The Kier molecular flexibility index (Phi) is 19.0. The van der Waals surface area contributed by atoms with Crippen molar-refractivity contribution < 1.29 is 65.7 Å². The van der Waals surface area contributed by atoms with Gasteiger partial charge in [-0.3, -0.25) is 9.97 Å². The molecule has 10 atom stereocenters. The molecule has 4 aromatic heterocycles. The first-order chi connectivity index (χ1) is 36.7. The Labute approximate surface area is 434 Å². The lowest BCUT2D eigenvalue weighted by Crippen LogP contribution is -2.59. The number of methoxy groups -OCH3 is 2. The Morgan fingerprint density at radius 1 is 0.618 bits per heavy atom. The largest absolute Gasteiger partial charge is 0.481 e. The summed E-state index contributed by atoms with van der Waals surface area (Å²) in [6.07, 6.45) is 6.98. The summed E-state index contributed by atoms with van der Waals surface area (Å²) in [5.41, 5.74) is 1.54. The first kappa shape index (κ1) is 55.6. The Hall–Kier alpha value is -6.62. The van der Waals surface area contributed by atoms with Gasteiger partial charge in [-0.1, -0.05) is 48.6 Å². The van der Waals surface area contributed by atoms with Crippen molar-refractivity contribution in [2.75, 3.05) is 33.9 Å². The minimum absolute atomic E-state index is 0.00112. The minimum Gasteiger partial charge on any atom is -0.481 e. The smallest absolute Gasteiger partial charge is 0.213 e. The Morgan fingerprint density at radius 3 is 1.63 bits per heavy atom. The van der Waals surface area contributed by atoms with E-state index in [9.17, 15) is 38.0 Å². The lowest BCUT2D eigenvalue weighted by atomic mass is 9.79. The van der Waals surface area contributed by atoms with E-state index in [4.69, 9.17) is 18.9 Å². The second-order valence-electron chi connectivity index (χ2n) is 18.5. The van der Waals surface area contributed by atoms with Crippen LogP contribution in [-0.2, 0) is 9.47 Å². The quantitative estimate of drug-likeness (QED) is 0.0385. The number of rotatable bonds is 21. The molecule has 2 saturated heterocycles. The molecule has 0 spiro atoms. The van der Waals surface area contributed by atoms with Gasteiger partial charge < -0.3 is 50.0 Å². The first-order valence-corrected chi connectivity index (χ1v) is 24.7. The van der Waals surface area contributed by atoms with Gasteiger partial charge >= 0.3 is 0 Å². The average molecular weight is 1060 g/mol. The van der Waals surface area contributed by atoms with Crippen LogP contribution in [0.25, 0.3) is 46.4 Å². The average Bonchev–Trinajstić information content (AvgIpc) is 3.43. The van der Waals surface area contributed by atoms with Gasteiger partial charge in [-0.15, -0.1) is 0 Å². The molecule has 0 saturated carbocycles. The number of nitrogens with zero attached hydrogens (tertiary/aromatic N) is 4. The lowest BCUT2D eigenvalue weighted by Gasteiger charge is -2.45. The maximum atomic E-state index is 15.4. The third kappa shape index (κ3) is 13.7. The number of hydrogen-bond acceptors (Lipinski definition) is 14. The fourth-order valence-electron chi connectivity index (χ4n) is 9.64. The van der Waals surface area contributed by atoms with Crippen molar-refractivity contribution in [2.45, 2.75) is 86.9 Å². The summed E-state index contributed by atoms with van der Waals surface area (Å²) in [5.74, 6) is -4.75. The SMILES string of the molecule is COc1ccc2ncc(F)c(/C=C/[C@@H]3CC[C@@H](NC/C=C/c4cc(F)ccc4F)[C@@H](C(C(O)CO)C(O)[C@@H](O)C[C@H]4O[C@H](/C=C/c5c(F)cnc6ccc(OC)nc56)CC[C@H]4NC/C=C/c4cc(F)ccc4F)O3)c2n1. The highest BCUT2D eigenvalue weighted by atomic mass is 19.1. The minimum atomic E-state index is -1.80. The number of aliphatic hydroxyl groups is 4. The van der Waals surface area contributed by atoms with Gasteiger partial charge in [0.15, 0.2) is 11.6 Å². The number of benzene rings is 2. The molecular weight excluding hydrogens is 999 g/mol. The molecule has 0 aliphatic carbocycles. The first-order valence-electron chi connectivity index (χ1n) is 24.7. The zero-order valence-electron chi connectivity index (χ0n) is 41.5. The molecule has 0 amide bonds. The normalized spacial score (nSPS) is 22.1. The lowest BCUT2D eigenvalue weighted by molar-refractivity contribution is -0.167. The highest BCUT2D eigenvalue weighted by Gasteiger charge is 2.46. The van der Waals surface area contributed by atoms with Crippen molar-refractivity contribution in [3.8, 4) is 11.8 Å².